The summed E-state index contributed by atoms with van der Waals surface area (Å²) in [5.41, 5.74) is 13.2. The molecule has 3 aromatic rings. The molecule has 2 atom stereocenters. The molecule has 51 heavy (non-hydrogen) atoms. The van der Waals surface area contributed by atoms with Gasteiger partial charge in [-0.05, 0) is 36.1 Å². The molecule has 0 radical (unpaired) electrons. The number of hydrogen-bond donors (Lipinski definition) is 6. The number of fused-ring (bicyclic) bond motifs is 1. The van der Waals surface area contributed by atoms with Crippen LogP contribution in [0.4, 0.5) is 0 Å². The Morgan fingerprint density at radius 1 is 0.902 bits per heavy atom. The molecule has 0 spiro atoms. The van der Waals surface area contributed by atoms with E-state index in [1.54, 1.807) is 29.7 Å². The first-order valence-electron chi connectivity index (χ1n) is 17.2. The van der Waals surface area contributed by atoms with E-state index in [1.807, 2.05) is 56.3 Å². The third-order valence-electron chi connectivity index (χ3n) is 8.58. The van der Waals surface area contributed by atoms with Crippen molar-refractivity contribution in [1.29, 1.82) is 0 Å². The van der Waals surface area contributed by atoms with Gasteiger partial charge in [-0.25, -0.2) is 0 Å². The van der Waals surface area contributed by atoms with Crippen LogP contribution in [0, 0.1) is 5.92 Å². The van der Waals surface area contributed by atoms with Crippen molar-refractivity contribution >= 4 is 64.0 Å². The van der Waals surface area contributed by atoms with Crippen LogP contribution in [-0.2, 0) is 46.6 Å². The van der Waals surface area contributed by atoms with E-state index in [4.69, 9.17) is 16.2 Å². The number of nitrogens with one attached hydrogen (secondary N) is 4. The summed E-state index contributed by atoms with van der Waals surface area (Å²) in [6, 6.07) is 11.5. The van der Waals surface area contributed by atoms with E-state index >= 15 is 0 Å². The van der Waals surface area contributed by atoms with Crippen molar-refractivity contribution < 1.29 is 28.7 Å². The minimum absolute atomic E-state index is 0.0368. The fraction of sp³-hybridized carbons (Fsp3) is 0.500. The van der Waals surface area contributed by atoms with Crippen molar-refractivity contribution in [2.24, 2.45) is 17.4 Å². The van der Waals surface area contributed by atoms with E-state index in [0.717, 1.165) is 27.9 Å². The normalized spacial score (nSPS) is 15.2. The number of carbonyl (C=O) groups is 5. The van der Waals surface area contributed by atoms with Crippen LogP contribution in [0.25, 0.3) is 10.9 Å². The summed E-state index contributed by atoms with van der Waals surface area (Å²) in [6.07, 6.45) is 3.32. The van der Waals surface area contributed by atoms with Crippen LogP contribution in [0.1, 0.15) is 62.9 Å². The Morgan fingerprint density at radius 2 is 1.57 bits per heavy atom. The molecule has 276 valence electrons. The molecule has 0 saturated carbocycles. The molecule has 15 heteroatoms. The van der Waals surface area contributed by atoms with Gasteiger partial charge in [0, 0.05) is 85.4 Å². The van der Waals surface area contributed by atoms with Crippen LogP contribution in [0.5, 0.6) is 0 Å². The van der Waals surface area contributed by atoms with Crippen LogP contribution < -0.4 is 27.4 Å². The second-order valence-corrected chi connectivity index (χ2v) is 15.3. The molecule has 4 rings (SSSR count). The average Bonchev–Trinajstić information content (AvgIpc) is 3.51. The van der Waals surface area contributed by atoms with Gasteiger partial charge in [-0.2, -0.15) is 23.5 Å². The SMILES string of the molecule is CC(C)C[C@H](NC(=O)C1(NC(=O)CCSCc2cccc(CSCCC(N)=O)n2)CCOCC1)C(=O)N[C@@H](Cc1c[nH]c2ccccc12)C(N)=O. The van der Waals surface area contributed by atoms with Gasteiger partial charge in [-0.1, -0.05) is 38.1 Å². The molecule has 13 nitrogen and oxygen atoms in total. The summed E-state index contributed by atoms with van der Waals surface area (Å²) in [5.74, 6) is 0.228. The number of carbonyl (C=O) groups excluding carboxylic acids is 5. The van der Waals surface area contributed by atoms with Gasteiger partial charge in [0.15, 0.2) is 0 Å². The molecule has 1 aliphatic rings. The largest absolute Gasteiger partial charge is 0.381 e. The van der Waals surface area contributed by atoms with Crippen molar-refractivity contribution in [3.63, 3.8) is 0 Å². The lowest BCUT2D eigenvalue weighted by molar-refractivity contribution is -0.140. The number of amides is 5. The van der Waals surface area contributed by atoms with Crippen LogP contribution in [0.2, 0.25) is 0 Å². The summed E-state index contributed by atoms with van der Waals surface area (Å²) < 4.78 is 5.53. The topological polar surface area (TPSA) is 211 Å². The summed E-state index contributed by atoms with van der Waals surface area (Å²) in [7, 11) is 0. The van der Waals surface area contributed by atoms with Gasteiger partial charge in [-0.15, -0.1) is 0 Å². The first-order chi connectivity index (χ1) is 24.5. The lowest BCUT2D eigenvalue weighted by Gasteiger charge is -2.37. The van der Waals surface area contributed by atoms with Crippen molar-refractivity contribution in [2.75, 3.05) is 24.7 Å². The molecule has 0 bridgehead atoms. The van der Waals surface area contributed by atoms with Gasteiger partial charge in [0.05, 0.1) is 11.4 Å². The number of benzene rings is 1. The number of nitrogens with zero attached hydrogens (tertiary/aromatic N) is 1. The van der Waals surface area contributed by atoms with Crippen LogP contribution in [-0.4, -0.2) is 81.8 Å². The van der Waals surface area contributed by atoms with Gasteiger partial charge in [-0.3, -0.25) is 29.0 Å². The van der Waals surface area contributed by atoms with Crippen molar-refractivity contribution in [1.82, 2.24) is 25.9 Å². The van der Waals surface area contributed by atoms with Crippen LogP contribution in [0.3, 0.4) is 0 Å². The number of pyridine rings is 1. The number of para-hydroxylation sites is 1. The number of ether oxygens (including phenoxy) is 1. The smallest absolute Gasteiger partial charge is 0.246 e. The predicted octanol–water partition coefficient (Wildman–Crippen LogP) is 2.70. The summed E-state index contributed by atoms with van der Waals surface area (Å²) in [4.78, 5) is 72.1. The Hall–Kier alpha value is -4.08. The summed E-state index contributed by atoms with van der Waals surface area (Å²) >= 11 is 3.17. The maximum Gasteiger partial charge on any atom is 0.246 e. The highest BCUT2D eigenvalue weighted by Crippen LogP contribution is 2.24. The quantitative estimate of drug-likeness (QED) is 0.0940. The summed E-state index contributed by atoms with van der Waals surface area (Å²) in [5, 5.41) is 9.57. The number of aromatic amines is 1. The molecule has 0 aliphatic carbocycles. The van der Waals surface area contributed by atoms with Gasteiger partial charge in [0.1, 0.15) is 17.6 Å². The number of H-pyrrole nitrogens is 1. The van der Waals surface area contributed by atoms with E-state index in [1.165, 1.54) is 0 Å². The number of primary amides is 2. The van der Waals surface area contributed by atoms with Gasteiger partial charge >= 0.3 is 0 Å². The minimum Gasteiger partial charge on any atom is -0.381 e. The molecule has 1 fully saturated rings. The van der Waals surface area contributed by atoms with E-state index < -0.39 is 35.3 Å². The highest BCUT2D eigenvalue weighted by atomic mass is 32.2. The van der Waals surface area contributed by atoms with Crippen molar-refractivity contribution in [3.05, 3.63) is 65.6 Å². The van der Waals surface area contributed by atoms with Crippen molar-refractivity contribution in [2.45, 2.75) is 81.5 Å². The Bertz CT molecular complexity index is 1660. The highest BCUT2D eigenvalue weighted by molar-refractivity contribution is 7.98. The molecule has 1 aliphatic heterocycles. The maximum absolute atomic E-state index is 14.0. The molecule has 2 aromatic heterocycles. The zero-order chi connectivity index (χ0) is 36.8. The number of aromatic nitrogens is 2. The third kappa shape index (κ3) is 12.3. The average molecular weight is 740 g/mol. The molecule has 0 unspecified atom stereocenters. The zero-order valence-corrected chi connectivity index (χ0v) is 30.8. The van der Waals surface area contributed by atoms with Crippen LogP contribution >= 0.6 is 23.5 Å². The zero-order valence-electron chi connectivity index (χ0n) is 29.2. The Labute approximate surface area is 306 Å². The first kappa shape index (κ1) is 39.7. The van der Waals surface area contributed by atoms with Crippen LogP contribution in [0.15, 0.2) is 48.7 Å². The molecule has 5 amide bonds. The van der Waals surface area contributed by atoms with Gasteiger partial charge < -0.3 is 37.1 Å². The fourth-order valence-electron chi connectivity index (χ4n) is 5.85. The fourth-order valence-corrected chi connectivity index (χ4v) is 7.56. The van der Waals surface area contributed by atoms with Gasteiger partial charge in [0.25, 0.3) is 0 Å². The van der Waals surface area contributed by atoms with Gasteiger partial charge in [0.2, 0.25) is 29.5 Å². The third-order valence-corrected chi connectivity index (χ3v) is 10.6. The number of thioether (sulfide) groups is 2. The second-order valence-electron chi connectivity index (χ2n) is 13.1. The predicted molar refractivity (Wildman–Crippen MR) is 200 cm³/mol. The number of rotatable bonds is 20. The lowest BCUT2D eigenvalue weighted by atomic mass is 9.87. The van der Waals surface area contributed by atoms with E-state index in [0.29, 0.717) is 35.9 Å². The van der Waals surface area contributed by atoms with Crippen molar-refractivity contribution in [3.8, 4) is 0 Å². The number of nitrogens with two attached hydrogens (primary N) is 2. The maximum atomic E-state index is 14.0. The molecular weight excluding hydrogens is 691 g/mol. The molecular formula is C36H49N7O6S2. The Kier molecular flexibility index (Phi) is 15.2. The summed E-state index contributed by atoms with van der Waals surface area (Å²) in [6.45, 7) is 4.43. The highest BCUT2D eigenvalue weighted by Gasteiger charge is 2.43. The monoisotopic (exact) mass is 739 g/mol. The Morgan fingerprint density at radius 3 is 2.22 bits per heavy atom. The molecule has 1 aromatic carbocycles. The molecule has 8 N–H and O–H groups in total. The molecule has 1 saturated heterocycles. The van der Waals surface area contributed by atoms with E-state index in [-0.39, 0.29) is 56.6 Å². The Balaban J connectivity index is 1.33. The second kappa shape index (κ2) is 19.5. The minimum atomic E-state index is -1.25. The number of hydrogen-bond acceptors (Lipinski definition) is 9. The first-order valence-corrected chi connectivity index (χ1v) is 19.5. The molecule has 3 heterocycles. The lowest BCUT2D eigenvalue weighted by Crippen LogP contribution is -2.64. The van der Waals surface area contributed by atoms with E-state index in [2.05, 4.69) is 25.9 Å². The van der Waals surface area contributed by atoms with E-state index in [9.17, 15) is 24.0 Å². The standard InChI is InChI=1S/C36H49N7O6S2/c1-23(2)18-30(34(47)41-29(33(38)46)19-24-20-39-28-9-4-3-8-27(24)28)42-35(48)36(12-14-49-15-13-36)43-32(45)11-17-51-22-26-7-5-6-25(40-26)21-50-16-10-31(37)44/h3-9,20,23,29-30,39H,10-19,21-22H2,1-2H3,(H2,37,44)(H2,38,46)(H,41,47)(H,42,48)(H,43,45)/t29-,30-/m0/s1.